The summed E-state index contributed by atoms with van der Waals surface area (Å²) in [6.45, 7) is 3.69. The van der Waals surface area contributed by atoms with Crippen LogP contribution in [-0.4, -0.2) is 40.0 Å². The van der Waals surface area contributed by atoms with Gasteiger partial charge in [-0.1, -0.05) is 11.6 Å². The van der Waals surface area contributed by atoms with E-state index in [1.165, 1.54) is 23.1 Å². The van der Waals surface area contributed by atoms with E-state index in [2.05, 4.69) is 0 Å². The average Bonchev–Trinajstić information content (AvgIpc) is 2.34. The van der Waals surface area contributed by atoms with Crippen LogP contribution in [0.25, 0.3) is 0 Å². The fourth-order valence-electron chi connectivity index (χ4n) is 1.66. The lowest BCUT2D eigenvalue weighted by Crippen LogP contribution is -2.39. The Morgan fingerprint density at radius 2 is 2.16 bits per heavy atom. The molecule has 19 heavy (non-hydrogen) atoms. The molecule has 0 saturated carbocycles. The number of aliphatic hydroxyl groups excluding tert-OH is 1. The van der Waals surface area contributed by atoms with Crippen LogP contribution in [-0.2, 0) is 0 Å². The summed E-state index contributed by atoms with van der Waals surface area (Å²) in [4.78, 5) is 23.7. The molecule has 0 fully saturated rings. The van der Waals surface area contributed by atoms with Gasteiger partial charge in [0.25, 0.3) is 11.6 Å². The van der Waals surface area contributed by atoms with E-state index in [9.17, 15) is 14.9 Å². The van der Waals surface area contributed by atoms with Crippen molar-refractivity contribution in [2.45, 2.75) is 19.9 Å². The molecule has 0 spiro atoms. The Hall–Kier alpha value is -1.66. The minimum Gasteiger partial charge on any atom is -0.395 e. The summed E-state index contributed by atoms with van der Waals surface area (Å²) >= 11 is 5.77. The van der Waals surface area contributed by atoms with Crippen LogP contribution in [0, 0.1) is 10.1 Å². The monoisotopic (exact) mass is 286 g/mol. The van der Waals surface area contributed by atoms with E-state index in [1.807, 2.05) is 13.8 Å². The van der Waals surface area contributed by atoms with Crippen LogP contribution < -0.4 is 0 Å². The molecule has 1 N–H and O–H groups in total. The topological polar surface area (TPSA) is 83.7 Å². The molecule has 6 nitrogen and oxygen atoms in total. The quantitative estimate of drug-likeness (QED) is 0.663. The second-order valence-electron chi connectivity index (χ2n) is 4.24. The van der Waals surface area contributed by atoms with Crippen molar-refractivity contribution in [2.75, 3.05) is 13.2 Å². The molecule has 0 saturated heterocycles. The first-order chi connectivity index (χ1) is 8.88. The number of aliphatic hydroxyl groups is 1. The molecule has 0 aliphatic rings. The van der Waals surface area contributed by atoms with E-state index in [1.54, 1.807) is 0 Å². The van der Waals surface area contributed by atoms with Crippen LogP contribution in [0.2, 0.25) is 5.02 Å². The number of rotatable bonds is 5. The zero-order valence-corrected chi connectivity index (χ0v) is 11.4. The molecule has 0 aliphatic heterocycles. The van der Waals surface area contributed by atoms with Crippen LogP contribution in [0.4, 0.5) is 5.69 Å². The predicted octanol–water partition coefficient (Wildman–Crippen LogP) is 2.09. The average molecular weight is 287 g/mol. The summed E-state index contributed by atoms with van der Waals surface area (Å²) in [7, 11) is 0. The van der Waals surface area contributed by atoms with Crippen molar-refractivity contribution >= 4 is 23.2 Å². The largest absolute Gasteiger partial charge is 0.395 e. The Balaban J connectivity index is 3.05. The van der Waals surface area contributed by atoms with Gasteiger partial charge in [-0.2, -0.15) is 0 Å². The number of carbonyl (C=O) groups is 1. The first-order valence-electron chi connectivity index (χ1n) is 5.74. The molecule has 1 rings (SSSR count). The van der Waals surface area contributed by atoms with Crippen molar-refractivity contribution in [1.82, 2.24) is 4.90 Å². The van der Waals surface area contributed by atoms with Crippen molar-refractivity contribution < 1.29 is 14.8 Å². The first-order valence-corrected chi connectivity index (χ1v) is 6.12. The van der Waals surface area contributed by atoms with Gasteiger partial charge in [-0.15, -0.1) is 0 Å². The molecule has 1 aromatic rings. The molecule has 1 aromatic carbocycles. The highest BCUT2D eigenvalue weighted by Gasteiger charge is 2.21. The summed E-state index contributed by atoms with van der Waals surface area (Å²) in [5, 5.41) is 19.5. The maximum Gasteiger partial charge on any atom is 0.287 e. The second kappa shape index (κ2) is 6.49. The molecule has 104 valence electrons. The van der Waals surface area contributed by atoms with Gasteiger partial charge in [-0.25, -0.2) is 0 Å². The molecular formula is C12H15ClN2O4. The highest BCUT2D eigenvalue weighted by atomic mass is 35.5. The molecule has 1 amide bonds. The Bertz CT molecular complexity index is 491. The van der Waals surface area contributed by atoms with Gasteiger partial charge < -0.3 is 10.0 Å². The molecule has 0 aromatic heterocycles. The van der Waals surface area contributed by atoms with Crippen molar-refractivity contribution in [2.24, 2.45) is 0 Å². The highest BCUT2D eigenvalue weighted by molar-refractivity contribution is 6.33. The van der Waals surface area contributed by atoms with Gasteiger partial charge in [0.05, 0.1) is 11.5 Å². The van der Waals surface area contributed by atoms with E-state index in [-0.39, 0.29) is 41.4 Å². The Labute approximate surface area is 115 Å². The third kappa shape index (κ3) is 3.65. The summed E-state index contributed by atoms with van der Waals surface area (Å²) in [6.07, 6.45) is 0. The minimum atomic E-state index is -0.607. The molecule has 7 heteroatoms. The lowest BCUT2D eigenvalue weighted by atomic mass is 10.1. The number of carbonyl (C=O) groups excluding carboxylic acids is 1. The van der Waals surface area contributed by atoms with Gasteiger partial charge in [-0.3, -0.25) is 14.9 Å². The smallest absolute Gasteiger partial charge is 0.287 e. The maximum absolute atomic E-state index is 12.2. The van der Waals surface area contributed by atoms with Gasteiger partial charge >= 0.3 is 0 Å². The van der Waals surface area contributed by atoms with Crippen LogP contribution in [0.1, 0.15) is 24.2 Å². The van der Waals surface area contributed by atoms with Crippen LogP contribution in [0.15, 0.2) is 18.2 Å². The van der Waals surface area contributed by atoms with Crippen LogP contribution in [0.5, 0.6) is 0 Å². The molecule has 0 bridgehead atoms. The van der Waals surface area contributed by atoms with Gasteiger partial charge in [0, 0.05) is 24.2 Å². The van der Waals surface area contributed by atoms with Crippen molar-refractivity contribution in [3.63, 3.8) is 0 Å². The van der Waals surface area contributed by atoms with Gasteiger partial charge in [-0.05, 0) is 26.0 Å². The molecule has 0 heterocycles. The van der Waals surface area contributed by atoms with Crippen molar-refractivity contribution in [3.05, 3.63) is 38.9 Å². The number of nitro groups is 1. The van der Waals surface area contributed by atoms with Gasteiger partial charge in [0.15, 0.2) is 0 Å². The number of nitro benzene ring substituents is 1. The second-order valence-corrected chi connectivity index (χ2v) is 4.65. The number of hydrogen-bond acceptors (Lipinski definition) is 4. The molecule has 0 aliphatic carbocycles. The summed E-state index contributed by atoms with van der Waals surface area (Å²) in [5.41, 5.74) is 0.0224. The van der Waals surface area contributed by atoms with E-state index in [4.69, 9.17) is 16.7 Å². The summed E-state index contributed by atoms with van der Waals surface area (Å²) < 4.78 is 0. The first kappa shape index (κ1) is 15.4. The lowest BCUT2D eigenvalue weighted by molar-refractivity contribution is -0.384. The van der Waals surface area contributed by atoms with E-state index in [0.717, 1.165) is 0 Å². The fourth-order valence-corrected chi connectivity index (χ4v) is 1.91. The number of amides is 1. The molecule has 0 radical (unpaired) electrons. The predicted molar refractivity (Wildman–Crippen MR) is 71.4 cm³/mol. The lowest BCUT2D eigenvalue weighted by Gasteiger charge is -2.26. The Morgan fingerprint density at radius 3 is 2.58 bits per heavy atom. The van der Waals surface area contributed by atoms with E-state index in [0.29, 0.717) is 0 Å². The summed E-state index contributed by atoms with van der Waals surface area (Å²) in [5.74, 6) is -0.319. The fraction of sp³-hybridized carbons (Fsp3) is 0.417. The third-order valence-corrected chi connectivity index (χ3v) is 2.92. The zero-order chi connectivity index (χ0) is 14.6. The number of halogens is 1. The molecule has 0 atom stereocenters. The minimum absolute atomic E-state index is 0.0800. The SMILES string of the molecule is CC(C)N(CCO)C(=O)c1ccc([N+](=O)[O-])c(Cl)c1. The van der Waals surface area contributed by atoms with E-state index < -0.39 is 4.92 Å². The van der Waals surface area contributed by atoms with Gasteiger partial charge in [0.2, 0.25) is 0 Å². The molecule has 0 unspecified atom stereocenters. The Morgan fingerprint density at radius 1 is 1.53 bits per heavy atom. The van der Waals surface area contributed by atoms with Gasteiger partial charge in [0.1, 0.15) is 5.02 Å². The third-order valence-electron chi connectivity index (χ3n) is 2.62. The Kier molecular flexibility index (Phi) is 5.26. The van der Waals surface area contributed by atoms with E-state index >= 15 is 0 Å². The normalized spacial score (nSPS) is 10.6. The summed E-state index contributed by atoms with van der Waals surface area (Å²) in [6, 6.07) is 3.74. The van der Waals surface area contributed by atoms with Crippen molar-refractivity contribution in [1.29, 1.82) is 0 Å². The van der Waals surface area contributed by atoms with Crippen molar-refractivity contribution in [3.8, 4) is 0 Å². The number of benzene rings is 1. The number of nitrogens with zero attached hydrogens (tertiary/aromatic N) is 2. The maximum atomic E-state index is 12.2. The highest BCUT2D eigenvalue weighted by Crippen LogP contribution is 2.25. The zero-order valence-electron chi connectivity index (χ0n) is 10.7. The van der Waals surface area contributed by atoms with Crippen LogP contribution in [0.3, 0.4) is 0 Å². The van der Waals surface area contributed by atoms with Crippen LogP contribution >= 0.6 is 11.6 Å². The number of hydrogen-bond donors (Lipinski definition) is 1. The standard InChI is InChI=1S/C12H15ClN2O4/c1-8(2)14(5-6-16)12(17)9-3-4-11(15(18)19)10(13)7-9/h3-4,7-8,16H,5-6H2,1-2H3. The molecular weight excluding hydrogens is 272 g/mol.